The third-order valence-corrected chi connectivity index (χ3v) is 4.96. The highest BCUT2D eigenvalue weighted by Crippen LogP contribution is 2.13. The largest absolute Gasteiger partial charge is 0.417 e. The molecule has 1 saturated heterocycles. The predicted octanol–water partition coefficient (Wildman–Crippen LogP) is 1.79. The standard InChI is InChI=1S/C21H23N3O4/c25-20(16-6-7-18-19(12-16)28-21(26)23-18)22-13-17-14-24(10-11-27-17)9-8-15-4-2-1-3-5-15/h1-7,12,17H,8-11,13-14H2,(H,22,25)(H,23,26). The van der Waals surface area contributed by atoms with Gasteiger partial charge in [-0.15, -0.1) is 0 Å². The number of aromatic amines is 1. The molecule has 0 bridgehead atoms. The lowest BCUT2D eigenvalue weighted by Gasteiger charge is -2.33. The second-order valence-electron chi connectivity index (χ2n) is 6.96. The number of benzene rings is 2. The SMILES string of the molecule is O=C(NCC1CN(CCc2ccccc2)CCO1)c1ccc2[nH]c(=O)oc2c1. The molecule has 3 aromatic rings. The average molecular weight is 381 g/mol. The van der Waals surface area contributed by atoms with Gasteiger partial charge in [0.1, 0.15) is 0 Å². The normalized spacial score (nSPS) is 17.6. The smallest absolute Gasteiger partial charge is 0.408 e. The molecule has 146 valence electrons. The number of morpholine rings is 1. The second-order valence-corrected chi connectivity index (χ2v) is 6.96. The fourth-order valence-corrected chi connectivity index (χ4v) is 3.43. The lowest BCUT2D eigenvalue weighted by atomic mass is 10.1. The first-order valence-electron chi connectivity index (χ1n) is 9.46. The predicted molar refractivity (Wildman–Crippen MR) is 105 cm³/mol. The van der Waals surface area contributed by atoms with Gasteiger partial charge >= 0.3 is 5.76 Å². The summed E-state index contributed by atoms with van der Waals surface area (Å²) in [6.45, 7) is 3.77. The Hall–Kier alpha value is -2.90. The number of carbonyl (C=O) groups excluding carboxylic acids is 1. The van der Waals surface area contributed by atoms with Crippen LogP contribution in [0, 0.1) is 0 Å². The molecular formula is C21H23N3O4. The summed E-state index contributed by atoms with van der Waals surface area (Å²) in [5.41, 5.74) is 2.72. The van der Waals surface area contributed by atoms with E-state index in [2.05, 4.69) is 39.5 Å². The van der Waals surface area contributed by atoms with Crippen molar-refractivity contribution in [2.24, 2.45) is 0 Å². The number of fused-ring (bicyclic) bond motifs is 1. The molecule has 7 nitrogen and oxygen atoms in total. The Bertz CT molecular complexity index is 996. The van der Waals surface area contributed by atoms with E-state index in [0.29, 0.717) is 29.8 Å². The maximum atomic E-state index is 12.4. The van der Waals surface area contributed by atoms with Gasteiger partial charge in [-0.05, 0) is 30.2 Å². The molecule has 1 aliphatic heterocycles. The topological polar surface area (TPSA) is 87.6 Å². The molecule has 2 heterocycles. The van der Waals surface area contributed by atoms with Crippen LogP contribution in [0.4, 0.5) is 0 Å². The number of aromatic nitrogens is 1. The van der Waals surface area contributed by atoms with Gasteiger partial charge < -0.3 is 14.5 Å². The van der Waals surface area contributed by atoms with Crippen LogP contribution < -0.4 is 11.1 Å². The molecular weight excluding hydrogens is 358 g/mol. The summed E-state index contributed by atoms with van der Waals surface area (Å²) in [5, 5.41) is 2.91. The number of nitrogens with zero attached hydrogens (tertiary/aromatic N) is 1. The first kappa shape index (κ1) is 18.5. The van der Waals surface area contributed by atoms with Crippen LogP contribution in [-0.2, 0) is 11.2 Å². The van der Waals surface area contributed by atoms with Crippen LogP contribution in [0.3, 0.4) is 0 Å². The number of rotatable bonds is 6. The summed E-state index contributed by atoms with van der Waals surface area (Å²) >= 11 is 0. The van der Waals surface area contributed by atoms with Crippen LogP contribution in [0.2, 0.25) is 0 Å². The maximum Gasteiger partial charge on any atom is 0.417 e. The molecule has 1 unspecified atom stereocenters. The van der Waals surface area contributed by atoms with Crippen molar-refractivity contribution >= 4 is 17.0 Å². The summed E-state index contributed by atoms with van der Waals surface area (Å²) in [7, 11) is 0. The van der Waals surface area contributed by atoms with Gasteiger partial charge in [0.2, 0.25) is 0 Å². The minimum absolute atomic E-state index is 0.0394. The molecule has 0 spiro atoms. The Morgan fingerprint density at radius 1 is 1.21 bits per heavy atom. The summed E-state index contributed by atoms with van der Waals surface area (Å²) in [6.07, 6.45) is 0.962. The highest BCUT2D eigenvalue weighted by Gasteiger charge is 2.21. The molecule has 1 atom stereocenters. The van der Waals surface area contributed by atoms with Gasteiger partial charge in [0, 0.05) is 31.7 Å². The van der Waals surface area contributed by atoms with Crippen molar-refractivity contribution in [1.82, 2.24) is 15.2 Å². The van der Waals surface area contributed by atoms with Crippen LogP contribution in [0.15, 0.2) is 57.7 Å². The fourth-order valence-electron chi connectivity index (χ4n) is 3.43. The Labute approximate surface area is 162 Å². The van der Waals surface area contributed by atoms with Crippen LogP contribution >= 0.6 is 0 Å². The summed E-state index contributed by atoms with van der Waals surface area (Å²) in [6, 6.07) is 15.3. The van der Waals surface area contributed by atoms with E-state index in [4.69, 9.17) is 9.15 Å². The van der Waals surface area contributed by atoms with Gasteiger partial charge in [0.15, 0.2) is 5.58 Å². The number of ether oxygens (including phenoxy) is 1. The van der Waals surface area contributed by atoms with Crippen molar-refractivity contribution in [3.05, 3.63) is 70.2 Å². The van der Waals surface area contributed by atoms with E-state index in [0.717, 1.165) is 26.1 Å². The van der Waals surface area contributed by atoms with E-state index in [-0.39, 0.29) is 12.0 Å². The molecule has 2 aromatic carbocycles. The second kappa shape index (κ2) is 8.41. The van der Waals surface area contributed by atoms with Gasteiger partial charge in [0.25, 0.3) is 5.91 Å². The number of oxazole rings is 1. The van der Waals surface area contributed by atoms with Gasteiger partial charge in [0.05, 0.1) is 18.2 Å². The molecule has 1 fully saturated rings. The van der Waals surface area contributed by atoms with Crippen molar-refractivity contribution < 1.29 is 13.9 Å². The number of hydrogen-bond donors (Lipinski definition) is 2. The quantitative estimate of drug-likeness (QED) is 0.680. The number of H-pyrrole nitrogens is 1. The molecule has 7 heteroatoms. The van der Waals surface area contributed by atoms with Gasteiger partial charge in [-0.25, -0.2) is 4.79 Å². The zero-order chi connectivity index (χ0) is 19.3. The number of hydrogen-bond acceptors (Lipinski definition) is 5. The zero-order valence-corrected chi connectivity index (χ0v) is 15.5. The van der Waals surface area contributed by atoms with Crippen LogP contribution in [0.1, 0.15) is 15.9 Å². The van der Waals surface area contributed by atoms with Crippen molar-refractivity contribution in [1.29, 1.82) is 0 Å². The third kappa shape index (κ3) is 4.49. The molecule has 28 heavy (non-hydrogen) atoms. The minimum atomic E-state index is -0.529. The van der Waals surface area contributed by atoms with Gasteiger partial charge in [-0.1, -0.05) is 30.3 Å². The summed E-state index contributed by atoms with van der Waals surface area (Å²) < 4.78 is 10.8. The zero-order valence-electron chi connectivity index (χ0n) is 15.5. The van der Waals surface area contributed by atoms with E-state index in [9.17, 15) is 9.59 Å². The molecule has 2 N–H and O–H groups in total. The molecule has 1 aromatic heterocycles. The highest BCUT2D eigenvalue weighted by molar-refractivity contribution is 5.96. The van der Waals surface area contributed by atoms with Crippen molar-refractivity contribution in [2.45, 2.75) is 12.5 Å². The maximum absolute atomic E-state index is 12.4. The molecule has 0 radical (unpaired) electrons. The molecule has 4 rings (SSSR count). The Morgan fingerprint density at radius 2 is 2.07 bits per heavy atom. The lowest BCUT2D eigenvalue weighted by Crippen LogP contribution is -2.48. The number of amides is 1. The van der Waals surface area contributed by atoms with Crippen molar-refractivity contribution in [3.63, 3.8) is 0 Å². The fraction of sp³-hybridized carbons (Fsp3) is 0.333. The minimum Gasteiger partial charge on any atom is -0.408 e. The average Bonchev–Trinajstić information content (AvgIpc) is 3.11. The number of nitrogens with one attached hydrogen (secondary N) is 2. The summed E-state index contributed by atoms with van der Waals surface area (Å²) in [4.78, 5) is 28.6. The van der Waals surface area contributed by atoms with Crippen molar-refractivity contribution in [2.75, 3.05) is 32.8 Å². The molecule has 1 amide bonds. The van der Waals surface area contributed by atoms with E-state index < -0.39 is 5.76 Å². The van der Waals surface area contributed by atoms with Crippen LogP contribution in [-0.4, -0.2) is 54.7 Å². The van der Waals surface area contributed by atoms with Crippen molar-refractivity contribution in [3.8, 4) is 0 Å². The lowest BCUT2D eigenvalue weighted by molar-refractivity contribution is -0.0259. The van der Waals surface area contributed by atoms with E-state index >= 15 is 0 Å². The van der Waals surface area contributed by atoms with E-state index in [1.54, 1.807) is 18.2 Å². The molecule has 1 aliphatic rings. The molecule has 0 saturated carbocycles. The highest BCUT2D eigenvalue weighted by atomic mass is 16.5. The van der Waals surface area contributed by atoms with Crippen LogP contribution in [0.25, 0.3) is 11.1 Å². The Morgan fingerprint density at radius 3 is 2.93 bits per heavy atom. The Balaban J connectivity index is 1.28. The number of carbonyl (C=O) groups is 1. The van der Waals surface area contributed by atoms with Gasteiger partial charge in [-0.2, -0.15) is 0 Å². The first-order chi connectivity index (χ1) is 13.7. The Kier molecular flexibility index (Phi) is 5.55. The van der Waals surface area contributed by atoms with Crippen LogP contribution in [0.5, 0.6) is 0 Å². The summed E-state index contributed by atoms with van der Waals surface area (Å²) in [5.74, 6) is -0.741. The molecule has 0 aliphatic carbocycles. The monoisotopic (exact) mass is 381 g/mol. The van der Waals surface area contributed by atoms with E-state index in [1.165, 1.54) is 5.56 Å². The first-order valence-corrected chi connectivity index (χ1v) is 9.46. The van der Waals surface area contributed by atoms with E-state index in [1.807, 2.05) is 6.07 Å². The van der Waals surface area contributed by atoms with Gasteiger partial charge in [-0.3, -0.25) is 14.7 Å². The third-order valence-electron chi connectivity index (χ3n) is 4.96.